The molecule has 0 aromatic heterocycles. The highest BCUT2D eigenvalue weighted by atomic mass is 35.5. The van der Waals surface area contributed by atoms with E-state index in [1.54, 1.807) is 30.3 Å². The third-order valence-electron chi connectivity index (χ3n) is 11.1. The van der Waals surface area contributed by atoms with Crippen LogP contribution in [0.4, 0.5) is 5.69 Å². The van der Waals surface area contributed by atoms with E-state index in [0.29, 0.717) is 33.0 Å². The van der Waals surface area contributed by atoms with Crippen LogP contribution >= 0.6 is 11.6 Å². The van der Waals surface area contributed by atoms with Gasteiger partial charge in [-0.1, -0.05) is 109 Å². The molecule has 7 heteroatoms. The molecule has 1 heterocycles. The number of hydrogen-bond donors (Lipinski definition) is 1. The number of imide groups is 1. The average molecular weight is 666 g/mol. The monoisotopic (exact) mass is 665 g/mol. The van der Waals surface area contributed by atoms with E-state index in [4.69, 9.17) is 11.6 Å². The maximum absolute atomic E-state index is 15.1. The number of nitrogens with zero attached hydrogens (tertiary/aromatic N) is 1. The number of benzene rings is 4. The van der Waals surface area contributed by atoms with E-state index in [2.05, 4.69) is 6.58 Å². The number of carbonyl (C=O) groups is 4. The second-order valence-corrected chi connectivity index (χ2v) is 13.7. The number of hydrogen-bond acceptors (Lipinski definition) is 5. The maximum Gasteiger partial charge on any atom is 0.238 e. The fraction of sp³-hybridized carbons (Fsp3) is 0.190. The van der Waals surface area contributed by atoms with E-state index in [9.17, 15) is 19.5 Å². The molecule has 0 bridgehead atoms. The Hall–Kier alpha value is -5.33. The Bertz CT molecular complexity index is 2120. The molecule has 0 spiro atoms. The quantitative estimate of drug-likeness (QED) is 0.174. The summed E-state index contributed by atoms with van der Waals surface area (Å²) in [7, 11) is 0. The largest absolute Gasteiger partial charge is 0.508 e. The summed E-state index contributed by atoms with van der Waals surface area (Å²) >= 11 is 6.58. The summed E-state index contributed by atoms with van der Waals surface area (Å²) in [6.07, 6.45) is 5.59. The van der Waals surface area contributed by atoms with Crippen LogP contribution in [0.15, 0.2) is 127 Å². The zero-order valence-electron chi connectivity index (χ0n) is 26.5. The number of rotatable bonds is 5. The van der Waals surface area contributed by atoms with E-state index in [1.165, 1.54) is 17.0 Å². The van der Waals surface area contributed by atoms with Gasteiger partial charge in [-0.05, 0) is 71.9 Å². The van der Waals surface area contributed by atoms with Crippen LogP contribution in [0.3, 0.4) is 0 Å². The van der Waals surface area contributed by atoms with Crippen molar-refractivity contribution in [2.24, 2.45) is 23.7 Å². The van der Waals surface area contributed by atoms with Crippen molar-refractivity contribution in [1.29, 1.82) is 0 Å². The minimum Gasteiger partial charge on any atom is -0.508 e. The molecule has 3 aliphatic carbocycles. The number of phenols is 1. The fourth-order valence-corrected chi connectivity index (χ4v) is 9.17. The van der Waals surface area contributed by atoms with Crippen molar-refractivity contribution in [3.63, 3.8) is 0 Å². The number of ketones is 2. The molecule has 1 aliphatic heterocycles. The number of carbonyl (C=O) groups excluding carboxylic acids is 4. The highest BCUT2D eigenvalue weighted by molar-refractivity contribution is 6.32. The van der Waals surface area contributed by atoms with Gasteiger partial charge in [-0.2, -0.15) is 0 Å². The number of anilines is 1. The molecule has 6 nitrogen and oxygen atoms in total. The standard InChI is InChI=1S/C42H32ClNO5/c1-2-24-13-16-28(17-14-24)44-40(48)30-19-18-29-32(37(30)41(44)49)22-34-39(47)31(25-9-5-3-6-10-25)23-36(46)42(34,26-11-7-4-8-12-26)38(29)33-21-27(43)15-20-35(33)45/h2-18,20-21,23,30,32,34,37-38,45H,1,19,22H2. The molecule has 0 radical (unpaired) electrons. The second kappa shape index (κ2) is 11.7. The van der Waals surface area contributed by atoms with Crippen LogP contribution in [-0.4, -0.2) is 28.5 Å². The predicted octanol–water partition coefficient (Wildman–Crippen LogP) is 7.72. The Labute approximate surface area is 289 Å². The second-order valence-electron chi connectivity index (χ2n) is 13.3. The van der Waals surface area contributed by atoms with E-state index >= 15 is 4.79 Å². The molecular formula is C42H32ClNO5. The van der Waals surface area contributed by atoms with E-state index in [-0.39, 0.29) is 42.0 Å². The zero-order valence-corrected chi connectivity index (χ0v) is 27.2. The summed E-state index contributed by atoms with van der Waals surface area (Å²) in [6.45, 7) is 3.80. The van der Waals surface area contributed by atoms with Crippen molar-refractivity contribution in [2.45, 2.75) is 24.2 Å². The summed E-state index contributed by atoms with van der Waals surface area (Å²) in [5.41, 5.74) is 2.66. The van der Waals surface area contributed by atoms with Crippen molar-refractivity contribution in [3.8, 4) is 5.75 Å². The van der Waals surface area contributed by atoms with Gasteiger partial charge in [-0.3, -0.25) is 24.1 Å². The van der Waals surface area contributed by atoms with Crippen LogP contribution in [0.1, 0.15) is 41.0 Å². The van der Waals surface area contributed by atoms with Crippen molar-refractivity contribution in [2.75, 3.05) is 4.90 Å². The maximum atomic E-state index is 15.1. The summed E-state index contributed by atoms with van der Waals surface area (Å²) in [5.74, 6) is -4.83. The number of halogens is 1. The van der Waals surface area contributed by atoms with Gasteiger partial charge in [0.25, 0.3) is 0 Å². The molecule has 1 saturated carbocycles. The van der Waals surface area contributed by atoms with E-state index in [1.807, 2.05) is 78.9 Å². The lowest BCUT2D eigenvalue weighted by Crippen LogP contribution is -2.58. The van der Waals surface area contributed by atoms with Crippen molar-refractivity contribution < 1.29 is 24.3 Å². The third-order valence-corrected chi connectivity index (χ3v) is 11.3. The van der Waals surface area contributed by atoms with E-state index < -0.39 is 35.0 Å². The smallest absolute Gasteiger partial charge is 0.238 e. The van der Waals surface area contributed by atoms with Crippen molar-refractivity contribution >= 4 is 52.3 Å². The highest BCUT2D eigenvalue weighted by Crippen LogP contribution is 2.64. The molecule has 49 heavy (non-hydrogen) atoms. The van der Waals surface area contributed by atoms with Crippen LogP contribution < -0.4 is 4.90 Å². The van der Waals surface area contributed by atoms with Gasteiger partial charge in [-0.25, -0.2) is 0 Å². The number of Topliss-reactive ketones (excluding diaryl/α,β-unsaturated/α-hetero) is 1. The van der Waals surface area contributed by atoms with Crippen LogP contribution in [-0.2, 0) is 24.6 Å². The molecule has 4 aliphatic rings. The Balaban J connectivity index is 1.36. The Morgan fingerprint density at radius 2 is 1.53 bits per heavy atom. The molecule has 6 atom stereocenters. The Morgan fingerprint density at radius 1 is 0.837 bits per heavy atom. The van der Waals surface area contributed by atoms with Crippen LogP contribution in [0, 0.1) is 23.7 Å². The first-order chi connectivity index (χ1) is 23.7. The molecule has 6 unspecified atom stereocenters. The summed E-state index contributed by atoms with van der Waals surface area (Å²) in [6, 6.07) is 30.2. The van der Waals surface area contributed by atoms with Gasteiger partial charge in [0.15, 0.2) is 11.6 Å². The minimum absolute atomic E-state index is 0.0667. The van der Waals surface area contributed by atoms with Gasteiger partial charge in [0.05, 0.1) is 22.9 Å². The Morgan fingerprint density at radius 3 is 2.22 bits per heavy atom. The molecule has 4 aromatic carbocycles. The summed E-state index contributed by atoms with van der Waals surface area (Å²) in [4.78, 5) is 59.8. The lowest BCUT2D eigenvalue weighted by atomic mass is 9.44. The third kappa shape index (κ3) is 4.54. The summed E-state index contributed by atoms with van der Waals surface area (Å²) < 4.78 is 0. The van der Waals surface area contributed by atoms with Gasteiger partial charge in [-0.15, -0.1) is 0 Å². The molecule has 1 N–H and O–H groups in total. The number of allylic oxidation sites excluding steroid dienone is 4. The number of fused-ring (bicyclic) bond motifs is 4. The molecular weight excluding hydrogens is 634 g/mol. The summed E-state index contributed by atoms with van der Waals surface area (Å²) in [5, 5.41) is 11.9. The predicted molar refractivity (Wildman–Crippen MR) is 189 cm³/mol. The number of amides is 2. The molecule has 8 rings (SSSR count). The van der Waals surface area contributed by atoms with Gasteiger partial charge in [0.2, 0.25) is 11.8 Å². The van der Waals surface area contributed by atoms with Gasteiger partial charge in [0.1, 0.15) is 5.75 Å². The molecule has 242 valence electrons. The normalized spacial score (nSPS) is 27.5. The molecule has 1 saturated heterocycles. The zero-order chi connectivity index (χ0) is 34.0. The molecule has 2 amide bonds. The van der Waals surface area contributed by atoms with E-state index in [0.717, 1.165) is 11.1 Å². The van der Waals surface area contributed by atoms with Crippen LogP contribution in [0.25, 0.3) is 11.6 Å². The lowest BCUT2D eigenvalue weighted by Gasteiger charge is -2.55. The number of aromatic hydroxyl groups is 1. The first-order valence-corrected chi connectivity index (χ1v) is 16.8. The van der Waals surface area contributed by atoms with Gasteiger partial charge < -0.3 is 5.11 Å². The Kier molecular flexibility index (Phi) is 7.38. The average Bonchev–Trinajstić information content (AvgIpc) is 3.39. The van der Waals surface area contributed by atoms with Gasteiger partial charge >= 0.3 is 0 Å². The SMILES string of the molecule is C=Cc1ccc(N2C(=O)C3CC=C4C(CC5C(=O)C(c6ccccc6)=CC(=O)C5(c5ccccc5)C4c4cc(Cl)ccc4O)C3C2=O)cc1. The fourth-order valence-electron chi connectivity index (χ4n) is 8.99. The lowest BCUT2D eigenvalue weighted by molar-refractivity contribution is -0.135. The highest BCUT2D eigenvalue weighted by Gasteiger charge is 2.66. The van der Waals surface area contributed by atoms with Crippen molar-refractivity contribution in [3.05, 3.63) is 155 Å². The first kappa shape index (κ1) is 31.0. The molecule has 4 aromatic rings. The minimum atomic E-state index is -1.44. The number of phenolic OH excluding ortho intramolecular Hbond substituents is 1. The van der Waals surface area contributed by atoms with Crippen LogP contribution in [0.5, 0.6) is 5.75 Å². The van der Waals surface area contributed by atoms with Crippen LogP contribution in [0.2, 0.25) is 5.02 Å². The van der Waals surface area contributed by atoms with Gasteiger partial charge in [0, 0.05) is 28.0 Å². The first-order valence-electron chi connectivity index (χ1n) is 16.5. The topological polar surface area (TPSA) is 91.8 Å². The van der Waals surface area contributed by atoms with Crippen molar-refractivity contribution in [1.82, 2.24) is 0 Å². The molecule has 2 fully saturated rings.